The quantitative estimate of drug-likeness (QED) is 0.552. The first-order valence-corrected chi connectivity index (χ1v) is 8.90. The largest absolute Gasteiger partial charge is 0.347 e. The van der Waals surface area contributed by atoms with Gasteiger partial charge in [0.25, 0.3) is 0 Å². The van der Waals surface area contributed by atoms with E-state index in [4.69, 9.17) is 10.7 Å². The second-order valence-corrected chi connectivity index (χ2v) is 8.60. The number of halogens is 1. The molecule has 0 radical (unpaired) electrons. The molecule has 7 nitrogen and oxygen atoms in total. The number of sulfone groups is 1. The zero-order valence-electron chi connectivity index (χ0n) is 9.74. The van der Waals surface area contributed by atoms with Gasteiger partial charge in [-0.05, 0) is 6.07 Å². The van der Waals surface area contributed by atoms with Crippen molar-refractivity contribution in [3.8, 4) is 0 Å². The van der Waals surface area contributed by atoms with Crippen molar-refractivity contribution in [3.63, 3.8) is 0 Å². The van der Waals surface area contributed by atoms with Crippen LogP contribution < -0.4 is 4.90 Å². The summed E-state index contributed by atoms with van der Waals surface area (Å²) in [6.07, 6.45) is 1.30. The molecule has 18 heavy (non-hydrogen) atoms. The van der Waals surface area contributed by atoms with E-state index in [1.807, 2.05) is 0 Å². The number of anilines is 1. The maximum Gasteiger partial charge on any atom is 0.233 e. The second kappa shape index (κ2) is 5.37. The minimum absolute atomic E-state index is 0.221. The summed E-state index contributed by atoms with van der Waals surface area (Å²) in [7, 11) is 0.655. The lowest BCUT2D eigenvalue weighted by molar-refractivity contribution is 0.589. The van der Waals surface area contributed by atoms with E-state index in [2.05, 4.69) is 9.97 Å². The SMILES string of the molecule is CN(C)c1nccc(S(=O)(=O)CCS(=O)(=O)Cl)n1. The molecule has 0 atom stereocenters. The summed E-state index contributed by atoms with van der Waals surface area (Å²) in [5, 5.41) is -0.221. The molecule has 0 aromatic carbocycles. The van der Waals surface area contributed by atoms with Crippen LogP contribution in [0.5, 0.6) is 0 Å². The fourth-order valence-electron chi connectivity index (χ4n) is 1.03. The summed E-state index contributed by atoms with van der Waals surface area (Å²) in [6, 6.07) is 1.21. The van der Waals surface area contributed by atoms with E-state index >= 15 is 0 Å². The monoisotopic (exact) mass is 313 g/mol. The van der Waals surface area contributed by atoms with E-state index in [-0.39, 0.29) is 11.0 Å². The average Bonchev–Trinajstić information content (AvgIpc) is 2.26. The number of hydrogen-bond donors (Lipinski definition) is 0. The number of hydrogen-bond acceptors (Lipinski definition) is 7. The predicted octanol–water partition coefficient (Wildman–Crippen LogP) is -0.115. The van der Waals surface area contributed by atoms with Gasteiger partial charge in [0.2, 0.25) is 15.0 Å². The molecule has 0 spiro atoms. The van der Waals surface area contributed by atoms with Gasteiger partial charge in [0.15, 0.2) is 14.9 Å². The van der Waals surface area contributed by atoms with Gasteiger partial charge >= 0.3 is 0 Å². The first-order valence-electron chi connectivity index (χ1n) is 4.77. The third kappa shape index (κ3) is 4.39. The van der Waals surface area contributed by atoms with Crippen molar-refractivity contribution in [1.82, 2.24) is 9.97 Å². The Bertz CT molecular complexity index is 627. The lowest BCUT2D eigenvalue weighted by atomic mass is 10.6. The summed E-state index contributed by atoms with van der Waals surface area (Å²) < 4.78 is 45.1. The Morgan fingerprint density at radius 1 is 1.22 bits per heavy atom. The van der Waals surface area contributed by atoms with Gasteiger partial charge in [0.1, 0.15) is 0 Å². The van der Waals surface area contributed by atoms with Crippen LogP contribution in [0, 0.1) is 0 Å². The molecule has 0 unspecified atom stereocenters. The van der Waals surface area contributed by atoms with Crippen LogP contribution in [0.3, 0.4) is 0 Å². The van der Waals surface area contributed by atoms with Crippen LogP contribution in [0.2, 0.25) is 0 Å². The van der Waals surface area contributed by atoms with Gasteiger partial charge in [-0.25, -0.2) is 26.8 Å². The van der Waals surface area contributed by atoms with Crippen molar-refractivity contribution in [2.45, 2.75) is 5.03 Å². The van der Waals surface area contributed by atoms with Crippen molar-refractivity contribution in [3.05, 3.63) is 12.3 Å². The minimum Gasteiger partial charge on any atom is -0.347 e. The molecule has 0 amide bonds. The van der Waals surface area contributed by atoms with Gasteiger partial charge in [-0.2, -0.15) is 0 Å². The molecule has 1 aromatic rings. The minimum atomic E-state index is -3.85. The maximum atomic E-state index is 11.8. The van der Waals surface area contributed by atoms with Gasteiger partial charge in [-0.1, -0.05) is 0 Å². The third-order valence-electron chi connectivity index (χ3n) is 1.93. The van der Waals surface area contributed by atoms with E-state index in [0.29, 0.717) is 0 Å². The molecule has 1 aromatic heterocycles. The Labute approximate surface area is 110 Å². The van der Waals surface area contributed by atoms with Gasteiger partial charge in [0, 0.05) is 31.0 Å². The van der Waals surface area contributed by atoms with Gasteiger partial charge in [0.05, 0.1) is 11.5 Å². The first kappa shape index (κ1) is 15.1. The normalized spacial score (nSPS) is 12.4. The molecule has 102 valence electrons. The molecule has 0 saturated carbocycles. The van der Waals surface area contributed by atoms with E-state index in [1.54, 1.807) is 14.1 Å². The topological polar surface area (TPSA) is 97.3 Å². The van der Waals surface area contributed by atoms with E-state index in [1.165, 1.54) is 17.2 Å². The van der Waals surface area contributed by atoms with Crippen LogP contribution in [0.1, 0.15) is 0 Å². The molecule has 0 aliphatic rings. The Kier molecular flexibility index (Phi) is 4.51. The lowest BCUT2D eigenvalue weighted by Gasteiger charge is -2.10. The summed E-state index contributed by atoms with van der Waals surface area (Å²) in [5.74, 6) is -1.04. The highest BCUT2D eigenvalue weighted by molar-refractivity contribution is 8.14. The molecule has 0 aliphatic heterocycles. The summed E-state index contributed by atoms with van der Waals surface area (Å²) >= 11 is 0. The predicted molar refractivity (Wildman–Crippen MR) is 68.1 cm³/mol. The molecular formula is C8H12ClN3O4S2. The highest BCUT2D eigenvalue weighted by Gasteiger charge is 2.20. The molecular weight excluding hydrogens is 302 g/mol. The van der Waals surface area contributed by atoms with Crippen LogP contribution in [0.4, 0.5) is 5.95 Å². The lowest BCUT2D eigenvalue weighted by Crippen LogP contribution is -2.18. The van der Waals surface area contributed by atoms with Crippen molar-refractivity contribution >= 4 is 35.5 Å². The average molecular weight is 314 g/mol. The van der Waals surface area contributed by atoms with Crippen LogP contribution in [-0.4, -0.2) is 52.4 Å². The van der Waals surface area contributed by atoms with Crippen LogP contribution >= 0.6 is 10.7 Å². The van der Waals surface area contributed by atoms with Crippen molar-refractivity contribution in [1.29, 1.82) is 0 Å². The van der Waals surface area contributed by atoms with Crippen molar-refractivity contribution in [2.24, 2.45) is 0 Å². The molecule has 0 fully saturated rings. The molecule has 1 rings (SSSR count). The number of aromatic nitrogens is 2. The zero-order chi connectivity index (χ0) is 14.0. The van der Waals surface area contributed by atoms with Crippen LogP contribution in [0.15, 0.2) is 17.3 Å². The summed E-state index contributed by atoms with van der Waals surface area (Å²) in [6.45, 7) is 0. The fourth-order valence-corrected chi connectivity index (χ4v) is 3.97. The first-order chi connectivity index (χ1) is 8.12. The highest BCUT2D eigenvalue weighted by atomic mass is 35.7. The summed E-state index contributed by atoms with van der Waals surface area (Å²) in [5.41, 5.74) is 0. The molecule has 0 N–H and O–H groups in total. The molecule has 0 bridgehead atoms. The second-order valence-electron chi connectivity index (χ2n) is 3.65. The number of nitrogens with zero attached hydrogens (tertiary/aromatic N) is 3. The molecule has 10 heteroatoms. The Hall–Kier alpha value is -0.930. The molecule has 0 saturated heterocycles. The fraction of sp³-hybridized carbons (Fsp3) is 0.500. The number of rotatable bonds is 5. The van der Waals surface area contributed by atoms with Crippen molar-refractivity contribution < 1.29 is 16.8 Å². The maximum absolute atomic E-state index is 11.8. The van der Waals surface area contributed by atoms with Crippen molar-refractivity contribution in [2.75, 3.05) is 30.5 Å². The Morgan fingerprint density at radius 3 is 2.33 bits per heavy atom. The smallest absolute Gasteiger partial charge is 0.233 e. The molecule has 1 heterocycles. The van der Waals surface area contributed by atoms with Crippen LogP contribution in [0.25, 0.3) is 0 Å². The highest BCUT2D eigenvalue weighted by Crippen LogP contribution is 2.12. The molecule has 0 aliphatic carbocycles. The third-order valence-corrected chi connectivity index (χ3v) is 4.95. The van der Waals surface area contributed by atoms with Gasteiger partial charge < -0.3 is 4.90 Å². The zero-order valence-corrected chi connectivity index (χ0v) is 12.1. The van der Waals surface area contributed by atoms with Gasteiger partial charge in [-0.3, -0.25) is 0 Å². The van der Waals surface area contributed by atoms with E-state index in [0.717, 1.165) is 0 Å². The Balaban J connectivity index is 3.02. The van der Waals surface area contributed by atoms with Crippen LogP contribution in [-0.2, 0) is 18.9 Å². The Morgan fingerprint density at radius 2 is 1.83 bits per heavy atom. The van der Waals surface area contributed by atoms with E-state index in [9.17, 15) is 16.8 Å². The standard InChI is InChI=1S/C8H12ClN3O4S2/c1-12(2)8-10-4-3-7(11-8)17(13,14)5-6-18(9,15)16/h3-4H,5-6H2,1-2H3. The van der Waals surface area contributed by atoms with E-state index < -0.39 is 30.4 Å². The van der Waals surface area contributed by atoms with Gasteiger partial charge in [-0.15, -0.1) is 0 Å². The summed E-state index contributed by atoms with van der Waals surface area (Å²) in [4.78, 5) is 9.24.